The number of hydrogen-bond acceptors (Lipinski definition) is 5. The van der Waals surface area contributed by atoms with Gasteiger partial charge in [-0.3, -0.25) is 0 Å². The van der Waals surface area contributed by atoms with E-state index < -0.39 is 0 Å². The summed E-state index contributed by atoms with van der Waals surface area (Å²) < 4.78 is 5.55. The number of rotatable bonds is 5. The minimum absolute atomic E-state index is 0.0623. The summed E-state index contributed by atoms with van der Waals surface area (Å²) in [5.74, 6) is 3.24. The Balaban J connectivity index is 2.40. The second-order valence-electron chi connectivity index (χ2n) is 4.45. The average Bonchev–Trinajstić information content (AvgIpc) is 2.60. The molecule has 0 aliphatic carbocycles. The first-order chi connectivity index (χ1) is 7.04. The van der Waals surface area contributed by atoms with Crippen molar-refractivity contribution in [2.75, 3.05) is 12.3 Å². The molecule has 0 saturated heterocycles. The Morgan fingerprint density at radius 1 is 1.33 bits per heavy atom. The maximum atomic E-state index is 5.55. The largest absolute Gasteiger partial charge is 0.424 e. The zero-order valence-corrected chi connectivity index (χ0v) is 10.4. The SMILES string of the molecule is CC(C)(C)c1nnc(CSCCCN)o1. The molecular formula is C10H19N3OS. The lowest BCUT2D eigenvalue weighted by atomic mass is 9.97. The Morgan fingerprint density at radius 2 is 2.07 bits per heavy atom. The molecule has 0 aromatic carbocycles. The van der Waals surface area contributed by atoms with Crippen molar-refractivity contribution >= 4 is 11.8 Å². The predicted octanol–water partition coefficient (Wildman–Crippen LogP) is 1.95. The Kier molecular flexibility index (Phi) is 4.60. The molecule has 1 aromatic heterocycles. The highest BCUT2D eigenvalue weighted by Crippen LogP contribution is 2.21. The van der Waals surface area contributed by atoms with Crippen molar-refractivity contribution in [1.29, 1.82) is 0 Å². The highest BCUT2D eigenvalue weighted by atomic mass is 32.2. The Morgan fingerprint density at radius 3 is 2.60 bits per heavy atom. The molecule has 1 heterocycles. The summed E-state index contributed by atoms with van der Waals surface area (Å²) in [4.78, 5) is 0. The van der Waals surface area contributed by atoms with Crippen molar-refractivity contribution in [3.05, 3.63) is 11.8 Å². The molecule has 0 radical (unpaired) electrons. The monoisotopic (exact) mass is 229 g/mol. The number of hydrogen-bond donors (Lipinski definition) is 1. The van der Waals surface area contributed by atoms with Gasteiger partial charge in [0, 0.05) is 5.41 Å². The number of nitrogens with two attached hydrogens (primary N) is 1. The van der Waals surface area contributed by atoms with E-state index in [2.05, 4.69) is 31.0 Å². The normalized spacial score (nSPS) is 12.0. The van der Waals surface area contributed by atoms with Crippen molar-refractivity contribution in [2.24, 2.45) is 5.73 Å². The van der Waals surface area contributed by atoms with Gasteiger partial charge >= 0.3 is 0 Å². The Labute approximate surface area is 95.0 Å². The minimum atomic E-state index is -0.0623. The van der Waals surface area contributed by atoms with Gasteiger partial charge in [0.15, 0.2) is 0 Å². The molecule has 1 rings (SSSR count). The van der Waals surface area contributed by atoms with Crippen LogP contribution < -0.4 is 5.73 Å². The molecule has 15 heavy (non-hydrogen) atoms. The maximum absolute atomic E-state index is 5.55. The quantitative estimate of drug-likeness (QED) is 0.782. The van der Waals surface area contributed by atoms with Crippen molar-refractivity contribution < 1.29 is 4.42 Å². The van der Waals surface area contributed by atoms with Crippen molar-refractivity contribution in [3.8, 4) is 0 Å². The van der Waals surface area contributed by atoms with Crippen LogP contribution in [-0.2, 0) is 11.2 Å². The van der Waals surface area contributed by atoms with Gasteiger partial charge in [0.25, 0.3) is 0 Å². The van der Waals surface area contributed by atoms with E-state index in [9.17, 15) is 0 Å². The summed E-state index contributed by atoms with van der Waals surface area (Å²) >= 11 is 1.78. The molecule has 0 aliphatic heterocycles. The summed E-state index contributed by atoms with van der Waals surface area (Å²) in [7, 11) is 0. The van der Waals surface area contributed by atoms with E-state index in [-0.39, 0.29) is 5.41 Å². The van der Waals surface area contributed by atoms with E-state index in [1.165, 1.54) is 0 Å². The fourth-order valence-electron chi connectivity index (χ4n) is 0.960. The molecule has 0 bridgehead atoms. The minimum Gasteiger partial charge on any atom is -0.424 e. The highest BCUT2D eigenvalue weighted by Gasteiger charge is 2.21. The average molecular weight is 229 g/mol. The van der Waals surface area contributed by atoms with Gasteiger partial charge in [-0.2, -0.15) is 11.8 Å². The van der Waals surface area contributed by atoms with Gasteiger partial charge in [0.2, 0.25) is 11.8 Å². The fourth-order valence-corrected chi connectivity index (χ4v) is 1.77. The van der Waals surface area contributed by atoms with Gasteiger partial charge in [-0.05, 0) is 18.7 Å². The second-order valence-corrected chi connectivity index (χ2v) is 5.55. The van der Waals surface area contributed by atoms with E-state index in [0.29, 0.717) is 11.8 Å². The van der Waals surface area contributed by atoms with Crippen LogP contribution in [0.5, 0.6) is 0 Å². The summed E-state index contributed by atoms with van der Waals surface area (Å²) in [6, 6.07) is 0. The van der Waals surface area contributed by atoms with Crippen molar-refractivity contribution in [3.63, 3.8) is 0 Å². The maximum Gasteiger partial charge on any atom is 0.226 e. The van der Waals surface area contributed by atoms with E-state index in [4.69, 9.17) is 10.2 Å². The van der Waals surface area contributed by atoms with Gasteiger partial charge in [-0.15, -0.1) is 10.2 Å². The van der Waals surface area contributed by atoms with E-state index in [0.717, 1.165) is 24.5 Å². The molecule has 86 valence electrons. The highest BCUT2D eigenvalue weighted by molar-refractivity contribution is 7.98. The molecule has 0 spiro atoms. The summed E-state index contributed by atoms with van der Waals surface area (Å²) in [5.41, 5.74) is 5.34. The standard InChI is InChI=1S/C10H19N3OS/c1-10(2,3)9-13-12-8(14-9)7-15-6-4-5-11/h4-7,11H2,1-3H3. The smallest absolute Gasteiger partial charge is 0.226 e. The Hall–Kier alpha value is -0.550. The van der Waals surface area contributed by atoms with Crippen LogP contribution in [-0.4, -0.2) is 22.5 Å². The molecule has 5 heteroatoms. The fraction of sp³-hybridized carbons (Fsp3) is 0.800. The molecule has 4 nitrogen and oxygen atoms in total. The van der Waals surface area contributed by atoms with Crippen LogP contribution >= 0.6 is 11.8 Å². The van der Waals surface area contributed by atoms with E-state index >= 15 is 0 Å². The van der Waals surface area contributed by atoms with Gasteiger partial charge in [-0.25, -0.2) is 0 Å². The van der Waals surface area contributed by atoms with Crippen LogP contribution in [0.3, 0.4) is 0 Å². The first kappa shape index (κ1) is 12.5. The lowest BCUT2D eigenvalue weighted by Crippen LogP contribution is -2.11. The molecule has 0 amide bonds. The third-order valence-electron chi connectivity index (χ3n) is 1.83. The number of aromatic nitrogens is 2. The predicted molar refractivity (Wildman–Crippen MR) is 62.8 cm³/mol. The molecule has 1 aromatic rings. The third kappa shape index (κ3) is 4.22. The summed E-state index contributed by atoms with van der Waals surface area (Å²) in [6.45, 7) is 6.92. The van der Waals surface area contributed by atoms with Crippen LogP contribution in [0.15, 0.2) is 4.42 Å². The van der Waals surface area contributed by atoms with Gasteiger partial charge in [0.1, 0.15) is 0 Å². The van der Waals surface area contributed by atoms with Crippen molar-refractivity contribution in [2.45, 2.75) is 38.4 Å². The van der Waals surface area contributed by atoms with E-state index in [1.54, 1.807) is 11.8 Å². The first-order valence-electron chi connectivity index (χ1n) is 5.14. The molecule has 0 aliphatic rings. The molecule has 0 atom stereocenters. The molecule has 0 unspecified atom stereocenters. The molecule has 0 saturated carbocycles. The number of nitrogens with zero attached hydrogens (tertiary/aromatic N) is 2. The molecular weight excluding hydrogens is 210 g/mol. The van der Waals surface area contributed by atoms with Crippen LogP contribution in [0.25, 0.3) is 0 Å². The third-order valence-corrected chi connectivity index (χ3v) is 2.86. The van der Waals surface area contributed by atoms with Crippen molar-refractivity contribution in [1.82, 2.24) is 10.2 Å². The van der Waals surface area contributed by atoms with Crippen LogP contribution in [0.2, 0.25) is 0 Å². The van der Waals surface area contributed by atoms with Crippen LogP contribution in [0.1, 0.15) is 39.0 Å². The van der Waals surface area contributed by atoms with Crippen LogP contribution in [0.4, 0.5) is 0 Å². The second kappa shape index (κ2) is 5.51. The van der Waals surface area contributed by atoms with Gasteiger partial charge < -0.3 is 10.2 Å². The van der Waals surface area contributed by atoms with E-state index in [1.807, 2.05) is 0 Å². The topological polar surface area (TPSA) is 64.9 Å². The lowest BCUT2D eigenvalue weighted by molar-refractivity contribution is 0.378. The molecule has 0 fully saturated rings. The van der Waals surface area contributed by atoms with Gasteiger partial charge in [-0.1, -0.05) is 20.8 Å². The van der Waals surface area contributed by atoms with Gasteiger partial charge in [0.05, 0.1) is 5.75 Å². The lowest BCUT2D eigenvalue weighted by Gasteiger charge is -2.10. The first-order valence-corrected chi connectivity index (χ1v) is 6.30. The zero-order chi connectivity index (χ0) is 11.3. The number of thioether (sulfide) groups is 1. The summed E-state index contributed by atoms with van der Waals surface area (Å²) in [5, 5.41) is 8.04. The Bertz CT molecular complexity index is 293. The zero-order valence-electron chi connectivity index (χ0n) is 9.62. The molecule has 2 N–H and O–H groups in total. The van der Waals surface area contributed by atoms with Crippen LogP contribution in [0, 0.1) is 0 Å². The summed E-state index contributed by atoms with van der Waals surface area (Å²) in [6.07, 6.45) is 1.03.